The van der Waals surface area contributed by atoms with E-state index in [9.17, 15) is 4.79 Å². The molecule has 0 bridgehead atoms. The van der Waals surface area contributed by atoms with Gasteiger partial charge in [-0.2, -0.15) is 9.50 Å². The lowest BCUT2D eigenvalue weighted by Crippen LogP contribution is -2.21. The number of aromatic nitrogens is 4. The molecule has 2 aromatic heterocycles. The minimum absolute atomic E-state index is 0.0434. The smallest absolute Gasteiger partial charge is 0.275 e. The maximum atomic E-state index is 11.8. The number of thioether (sulfide) groups is 1. The summed E-state index contributed by atoms with van der Waals surface area (Å²) < 4.78 is 8.25. The van der Waals surface area contributed by atoms with E-state index in [0.717, 1.165) is 5.69 Å². The van der Waals surface area contributed by atoms with Gasteiger partial charge in [0.05, 0.1) is 13.2 Å². The molecule has 98 valence electrons. The quantitative estimate of drug-likeness (QED) is 0.603. The molecule has 0 saturated carbocycles. The largest absolute Gasteiger partial charge is 0.394 e. The summed E-state index contributed by atoms with van der Waals surface area (Å²) in [6, 6.07) is 1.48. The van der Waals surface area contributed by atoms with Gasteiger partial charge in [0, 0.05) is 11.8 Å². The van der Waals surface area contributed by atoms with Crippen LogP contribution in [0.4, 0.5) is 0 Å². The van der Waals surface area contributed by atoms with Crippen LogP contribution < -0.4 is 5.56 Å². The molecule has 0 amide bonds. The molecule has 2 rings (SSSR count). The lowest BCUT2D eigenvalue weighted by atomic mass is 10.4. The van der Waals surface area contributed by atoms with Gasteiger partial charge in [-0.05, 0) is 13.2 Å². The molecule has 0 aliphatic carbocycles. The van der Waals surface area contributed by atoms with E-state index in [0.29, 0.717) is 10.9 Å². The van der Waals surface area contributed by atoms with Crippen molar-refractivity contribution in [3.8, 4) is 0 Å². The Hall–Kier alpha value is -1.38. The third-order valence-corrected chi connectivity index (χ3v) is 2.96. The van der Waals surface area contributed by atoms with Crippen LogP contribution in [0.15, 0.2) is 16.0 Å². The second-order valence-corrected chi connectivity index (χ2v) is 4.40. The number of ether oxygens (including phenoxy) is 1. The number of hydrogen-bond donors (Lipinski definition) is 1. The molecule has 0 aliphatic heterocycles. The number of aliphatic hydroxyl groups excluding tert-OH is 1. The van der Waals surface area contributed by atoms with Crippen molar-refractivity contribution < 1.29 is 9.84 Å². The van der Waals surface area contributed by atoms with Gasteiger partial charge in [0.15, 0.2) is 0 Å². The van der Waals surface area contributed by atoms with E-state index >= 15 is 0 Å². The first kappa shape index (κ1) is 13.1. The monoisotopic (exact) mass is 270 g/mol. The summed E-state index contributed by atoms with van der Waals surface area (Å²) in [5.41, 5.74) is 0.527. The molecular weight excluding hydrogens is 256 g/mol. The molecule has 2 heterocycles. The average molecular weight is 270 g/mol. The van der Waals surface area contributed by atoms with Crippen LogP contribution in [-0.4, -0.2) is 43.7 Å². The molecular formula is C10H14N4O3S. The van der Waals surface area contributed by atoms with Gasteiger partial charge in [-0.25, -0.2) is 0 Å². The fraction of sp³-hybridized carbons (Fsp3) is 0.500. The number of aryl methyl sites for hydroxylation is 1. The van der Waals surface area contributed by atoms with Crippen LogP contribution in [0, 0.1) is 6.92 Å². The molecule has 0 aromatic carbocycles. The highest BCUT2D eigenvalue weighted by Gasteiger charge is 2.11. The Labute approximate surface area is 107 Å². The second-order valence-electron chi connectivity index (χ2n) is 3.62. The summed E-state index contributed by atoms with van der Waals surface area (Å²) in [7, 11) is 0. The van der Waals surface area contributed by atoms with Gasteiger partial charge in [0.2, 0.25) is 10.9 Å². The fourth-order valence-electron chi connectivity index (χ4n) is 1.55. The average Bonchev–Trinajstić information content (AvgIpc) is 2.78. The topological polar surface area (TPSA) is 81.6 Å². The molecule has 0 unspecified atom stereocenters. The van der Waals surface area contributed by atoms with Gasteiger partial charge >= 0.3 is 0 Å². The van der Waals surface area contributed by atoms with Crippen LogP contribution in [0.3, 0.4) is 0 Å². The zero-order chi connectivity index (χ0) is 13.1. The Morgan fingerprint density at radius 2 is 2.33 bits per heavy atom. The van der Waals surface area contributed by atoms with E-state index < -0.39 is 0 Å². The minimum atomic E-state index is -0.214. The highest BCUT2D eigenvalue weighted by Crippen LogP contribution is 2.10. The molecule has 2 aromatic rings. The third kappa shape index (κ3) is 2.40. The first-order chi connectivity index (χ1) is 8.67. The van der Waals surface area contributed by atoms with Crippen molar-refractivity contribution in [2.75, 3.05) is 19.5 Å². The molecule has 0 spiro atoms. The Morgan fingerprint density at radius 1 is 1.56 bits per heavy atom. The predicted octanol–water partition coefficient (Wildman–Crippen LogP) is -0.112. The molecule has 0 aliphatic rings. The van der Waals surface area contributed by atoms with Crippen LogP contribution >= 0.6 is 11.8 Å². The molecule has 0 saturated heterocycles. The van der Waals surface area contributed by atoms with E-state index in [4.69, 9.17) is 9.84 Å². The number of nitrogens with zero attached hydrogens (tertiary/aromatic N) is 4. The summed E-state index contributed by atoms with van der Waals surface area (Å²) >= 11 is 1.37. The van der Waals surface area contributed by atoms with Crippen LogP contribution in [0.5, 0.6) is 0 Å². The van der Waals surface area contributed by atoms with Gasteiger partial charge < -0.3 is 9.84 Å². The second kappa shape index (κ2) is 5.51. The van der Waals surface area contributed by atoms with Crippen LogP contribution in [-0.2, 0) is 11.5 Å². The summed E-state index contributed by atoms with van der Waals surface area (Å²) in [5.74, 6) is 0.447. The zero-order valence-corrected chi connectivity index (χ0v) is 11.0. The zero-order valence-electron chi connectivity index (χ0n) is 10.2. The van der Waals surface area contributed by atoms with E-state index in [-0.39, 0.29) is 25.5 Å². The summed E-state index contributed by atoms with van der Waals surface area (Å²) in [6.07, 6.45) is 1.85. The molecule has 1 N–H and O–H groups in total. The highest BCUT2D eigenvalue weighted by molar-refractivity contribution is 7.98. The normalized spacial score (nSPS) is 11.3. The lowest BCUT2D eigenvalue weighted by Gasteiger charge is -2.10. The lowest BCUT2D eigenvalue weighted by molar-refractivity contribution is 0.0483. The van der Waals surface area contributed by atoms with Crippen molar-refractivity contribution in [1.29, 1.82) is 0 Å². The summed E-state index contributed by atoms with van der Waals surface area (Å²) in [4.78, 5) is 16.0. The first-order valence-electron chi connectivity index (χ1n) is 5.37. The van der Waals surface area contributed by atoms with E-state index in [1.54, 1.807) is 11.5 Å². The SMILES string of the molecule is CSc1nc2n(COCCO)c(C)cc(=O)n2n1. The number of aliphatic hydroxyl groups is 1. The van der Waals surface area contributed by atoms with Gasteiger partial charge in [-0.3, -0.25) is 9.36 Å². The number of fused-ring (bicyclic) bond motifs is 1. The van der Waals surface area contributed by atoms with Crippen LogP contribution in [0.2, 0.25) is 0 Å². The molecule has 0 radical (unpaired) electrons. The first-order valence-corrected chi connectivity index (χ1v) is 6.59. The van der Waals surface area contributed by atoms with Gasteiger partial charge in [-0.15, -0.1) is 5.10 Å². The predicted molar refractivity (Wildman–Crippen MR) is 66.8 cm³/mol. The van der Waals surface area contributed by atoms with Gasteiger partial charge in [0.1, 0.15) is 6.73 Å². The third-order valence-electron chi connectivity index (χ3n) is 2.42. The maximum absolute atomic E-state index is 11.8. The standard InChI is InChI=1S/C10H14N4O3S/c1-7-5-8(16)14-10(11-9(12-14)18-2)13(7)6-17-4-3-15/h5,15H,3-4,6H2,1-2H3. The fourth-order valence-corrected chi connectivity index (χ4v) is 1.89. The summed E-state index contributed by atoms with van der Waals surface area (Å²) in [6.45, 7) is 2.22. The van der Waals surface area contributed by atoms with Crippen LogP contribution in [0.25, 0.3) is 5.78 Å². The maximum Gasteiger partial charge on any atom is 0.275 e. The van der Waals surface area contributed by atoms with Crippen molar-refractivity contribution in [1.82, 2.24) is 19.2 Å². The molecule has 7 nitrogen and oxygen atoms in total. The Morgan fingerprint density at radius 3 is 3.00 bits per heavy atom. The van der Waals surface area contributed by atoms with Crippen molar-refractivity contribution in [3.63, 3.8) is 0 Å². The van der Waals surface area contributed by atoms with E-state index in [1.807, 2.05) is 6.26 Å². The number of hydrogen-bond acceptors (Lipinski definition) is 6. The van der Waals surface area contributed by atoms with Crippen molar-refractivity contribution >= 4 is 17.5 Å². The highest BCUT2D eigenvalue weighted by atomic mass is 32.2. The van der Waals surface area contributed by atoms with Crippen molar-refractivity contribution in [3.05, 3.63) is 22.1 Å². The minimum Gasteiger partial charge on any atom is -0.394 e. The Balaban J connectivity index is 2.49. The van der Waals surface area contributed by atoms with E-state index in [2.05, 4.69) is 10.1 Å². The summed E-state index contributed by atoms with van der Waals surface area (Å²) in [5, 5.41) is 13.3. The Kier molecular flexibility index (Phi) is 4.00. The van der Waals surface area contributed by atoms with Gasteiger partial charge in [0.25, 0.3) is 5.56 Å². The Bertz CT molecular complexity index is 607. The van der Waals surface area contributed by atoms with E-state index in [1.165, 1.54) is 22.3 Å². The van der Waals surface area contributed by atoms with Crippen molar-refractivity contribution in [2.24, 2.45) is 0 Å². The molecule has 8 heteroatoms. The van der Waals surface area contributed by atoms with Gasteiger partial charge in [-0.1, -0.05) is 11.8 Å². The van der Waals surface area contributed by atoms with Crippen molar-refractivity contribution in [2.45, 2.75) is 18.8 Å². The molecule has 0 fully saturated rings. The van der Waals surface area contributed by atoms with Crippen LogP contribution in [0.1, 0.15) is 5.69 Å². The number of rotatable bonds is 5. The molecule has 18 heavy (non-hydrogen) atoms. The molecule has 0 atom stereocenters.